The van der Waals surface area contributed by atoms with Crippen LogP contribution in [0.15, 0.2) is 48.7 Å². The van der Waals surface area contributed by atoms with E-state index in [1.165, 1.54) is 18.2 Å². The zero-order valence-corrected chi connectivity index (χ0v) is 14.1. The fraction of sp³-hybridized carbons (Fsp3) is 0.158. The largest absolute Gasteiger partial charge is 0.322 e. The first-order valence-electron chi connectivity index (χ1n) is 8.33. The lowest BCUT2D eigenvalue weighted by Crippen LogP contribution is -2.41. The van der Waals surface area contributed by atoms with Gasteiger partial charge in [-0.15, -0.1) is 0 Å². The quantitative estimate of drug-likeness (QED) is 0.739. The molecule has 0 radical (unpaired) electrons. The number of anilines is 1. The average molecular weight is 372 g/mol. The summed E-state index contributed by atoms with van der Waals surface area (Å²) in [6.07, 6.45) is 1.69. The lowest BCUT2D eigenvalue weighted by molar-refractivity contribution is 0.194. The molecule has 27 heavy (non-hydrogen) atoms. The first-order valence-corrected chi connectivity index (χ1v) is 8.33. The minimum atomic E-state index is -1.02. The van der Waals surface area contributed by atoms with Crippen LogP contribution in [0.1, 0.15) is 5.69 Å². The van der Waals surface area contributed by atoms with Gasteiger partial charge in [0.1, 0.15) is 5.82 Å². The average Bonchev–Trinajstić information content (AvgIpc) is 3.08. The van der Waals surface area contributed by atoms with E-state index in [0.29, 0.717) is 19.6 Å². The lowest BCUT2D eigenvalue weighted by atomic mass is 10.1. The van der Waals surface area contributed by atoms with Crippen molar-refractivity contribution >= 4 is 11.7 Å². The fourth-order valence-corrected chi connectivity index (χ4v) is 3.07. The molecule has 2 aromatic carbocycles. The summed E-state index contributed by atoms with van der Waals surface area (Å²) >= 11 is 0. The van der Waals surface area contributed by atoms with Crippen molar-refractivity contribution in [2.24, 2.45) is 0 Å². The Hall–Kier alpha value is -3.29. The number of benzene rings is 2. The Bertz CT molecular complexity index is 1000. The van der Waals surface area contributed by atoms with Crippen molar-refractivity contribution in [3.05, 3.63) is 71.8 Å². The number of fused-ring (bicyclic) bond motifs is 1. The molecule has 3 aromatic rings. The second kappa shape index (κ2) is 6.79. The number of hydrogen-bond acceptors (Lipinski definition) is 2. The molecule has 0 saturated heterocycles. The normalized spacial score (nSPS) is 13.4. The van der Waals surface area contributed by atoms with Crippen molar-refractivity contribution in [2.75, 3.05) is 11.9 Å². The molecule has 0 unspecified atom stereocenters. The third kappa shape index (κ3) is 3.38. The number of amides is 2. The van der Waals surface area contributed by atoms with Crippen LogP contribution in [0.25, 0.3) is 11.1 Å². The number of hydrogen-bond donors (Lipinski definition) is 1. The summed E-state index contributed by atoms with van der Waals surface area (Å²) < 4.78 is 41.3. The molecule has 0 spiro atoms. The predicted molar refractivity (Wildman–Crippen MR) is 93.4 cm³/mol. The molecule has 0 fully saturated rings. The van der Waals surface area contributed by atoms with Gasteiger partial charge in [-0.25, -0.2) is 18.0 Å². The van der Waals surface area contributed by atoms with Crippen molar-refractivity contribution in [3.63, 3.8) is 0 Å². The highest BCUT2D eigenvalue weighted by atomic mass is 19.2. The number of carbonyl (C=O) groups excluding carboxylic acids is 1. The van der Waals surface area contributed by atoms with Crippen LogP contribution in [0, 0.1) is 17.5 Å². The Morgan fingerprint density at radius 2 is 1.78 bits per heavy atom. The first-order chi connectivity index (χ1) is 13.0. The molecule has 2 heterocycles. The zero-order valence-electron chi connectivity index (χ0n) is 14.1. The highest BCUT2D eigenvalue weighted by molar-refractivity contribution is 5.89. The molecule has 2 amide bonds. The summed E-state index contributed by atoms with van der Waals surface area (Å²) in [5.41, 5.74) is 2.63. The molecule has 1 aliphatic heterocycles. The van der Waals surface area contributed by atoms with Gasteiger partial charge in [-0.1, -0.05) is 12.1 Å². The van der Waals surface area contributed by atoms with Crippen LogP contribution < -0.4 is 5.32 Å². The van der Waals surface area contributed by atoms with Gasteiger partial charge in [-0.2, -0.15) is 5.10 Å². The Morgan fingerprint density at radius 1 is 1.00 bits per heavy atom. The van der Waals surface area contributed by atoms with Crippen LogP contribution in [0.5, 0.6) is 0 Å². The lowest BCUT2D eigenvalue weighted by Gasteiger charge is -2.28. The van der Waals surface area contributed by atoms with Gasteiger partial charge < -0.3 is 10.2 Å². The van der Waals surface area contributed by atoms with E-state index in [9.17, 15) is 18.0 Å². The Labute approximate surface area is 153 Å². The van der Waals surface area contributed by atoms with Crippen molar-refractivity contribution in [2.45, 2.75) is 13.1 Å². The topological polar surface area (TPSA) is 50.2 Å². The van der Waals surface area contributed by atoms with E-state index in [1.807, 2.05) is 0 Å². The minimum Gasteiger partial charge on any atom is -0.317 e. The second-order valence-corrected chi connectivity index (χ2v) is 6.22. The van der Waals surface area contributed by atoms with Crippen LogP contribution in [0.4, 0.5) is 23.7 Å². The van der Waals surface area contributed by atoms with E-state index in [1.54, 1.807) is 27.9 Å². The Morgan fingerprint density at radius 3 is 2.52 bits per heavy atom. The van der Waals surface area contributed by atoms with Crippen molar-refractivity contribution in [3.8, 4) is 11.1 Å². The summed E-state index contributed by atoms with van der Waals surface area (Å²) in [7, 11) is 0. The molecular weight excluding hydrogens is 357 g/mol. The van der Waals surface area contributed by atoms with E-state index in [4.69, 9.17) is 0 Å². The Kier molecular flexibility index (Phi) is 4.31. The molecule has 0 bridgehead atoms. The molecule has 0 aliphatic carbocycles. The van der Waals surface area contributed by atoms with Crippen molar-refractivity contribution < 1.29 is 18.0 Å². The molecule has 4 rings (SSSR count). The first kappa shape index (κ1) is 17.1. The van der Waals surface area contributed by atoms with Crippen molar-refractivity contribution in [1.82, 2.24) is 14.7 Å². The van der Waals surface area contributed by atoms with E-state index in [0.717, 1.165) is 29.0 Å². The third-order valence-corrected chi connectivity index (χ3v) is 4.48. The maximum Gasteiger partial charge on any atom is 0.322 e. The van der Waals surface area contributed by atoms with Gasteiger partial charge in [0, 0.05) is 23.9 Å². The Balaban J connectivity index is 1.53. The number of aromatic nitrogens is 2. The highest BCUT2D eigenvalue weighted by Crippen LogP contribution is 2.27. The predicted octanol–water partition coefficient (Wildman–Crippen LogP) is 4.02. The van der Waals surface area contributed by atoms with Gasteiger partial charge in [0.15, 0.2) is 11.6 Å². The van der Waals surface area contributed by atoms with E-state index in [2.05, 4.69) is 10.4 Å². The number of nitrogens with one attached hydrogen (secondary N) is 1. The van der Waals surface area contributed by atoms with Gasteiger partial charge >= 0.3 is 6.03 Å². The molecule has 5 nitrogen and oxygen atoms in total. The maximum atomic E-state index is 13.3. The number of halogens is 3. The van der Waals surface area contributed by atoms with Crippen molar-refractivity contribution in [1.29, 1.82) is 0 Å². The summed E-state index contributed by atoms with van der Waals surface area (Å²) in [4.78, 5) is 14.1. The third-order valence-electron chi connectivity index (χ3n) is 4.48. The summed E-state index contributed by atoms with van der Waals surface area (Å²) in [6, 6.07) is 8.84. The van der Waals surface area contributed by atoms with Gasteiger partial charge in [-0.05, 0) is 29.8 Å². The monoisotopic (exact) mass is 372 g/mol. The number of rotatable bonds is 2. The van der Waals surface area contributed by atoms with Gasteiger partial charge in [0.25, 0.3) is 0 Å². The summed E-state index contributed by atoms with van der Waals surface area (Å²) in [6.45, 7) is 1.22. The second-order valence-electron chi connectivity index (χ2n) is 6.22. The summed E-state index contributed by atoms with van der Waals surface area (Å²) in [5, 5.41) is 6.90. The number of carbonyl (C=O) groups is 1. The van der Waals surface area contributed by atoms with Gasteiger partial charge in [0.05, 0.1) is 25.0 Å². The molecule has 1 N–H and O–H groups in total. The molecule has 0 saturated carbocycles. The van der Waals surface area contributed by atoms with Gasteiger partial charge in [0.2, 0.25) is 0 Å². The van der Waals surface area contributed by atoms with Crippen LogP contribution in [-0.2, 0) is 13.1 Å². The van der Waals surface area contributed by atoms with Gasteiger partial charge in [-0.3, -0.25) is 4.68 Å². The molecule has 1 aliphatic rings. The molecule has 8 heteroatoms. The van der Waals surface area contributed by atoms with E-state index >= 15 is 0 Å². The zero-order chi connectivity index (χ0) is 19.0. The highest BCUT2D eigenvalue weighted by Gasteiger charge is 2.24. The van der Waals surface area contributed by atoms with Crippen LogP contribution in [-0.4, -0.2) is 27.3 Å². The molecule has 138 valence electrons. The number of urea groups is 1. The fourth-order valence-electron chi connectivity index (χ4n) is 3.07. The minimum absolute atomic E-state index is 0.178. The van der Waals surface area contributed by atoms with Crippen LogP contribution in [0.2, 0.25) is 0 Å². The SMILES string of the molecule is O=C(Nc1ccc(F)c(F)c1)N1CCn2ncc(-c3ccc(F)cc3)c2C1. The van der Waals surface area contributed by atoms with Crippen LogP contribution in [0.3, 0.4) is 0 Å². The summed E-state index contributed by atoms with van der Waals surface area (Å²) in [5.74, 6) is -2.32. The molecular formula is C19H15F3N4O. The molecule has 0 atom stereocenters. The standard InChI is InChI=1S/C19H15F3N4O/c20-13-3-1-12(2-4-13)15-10-23-26-8-7-25(11-18(15)26)19(27)24-14-5-6-16(21)17(22)9-14/h1-6,9-10H,7-8,11H2,(H,24,27). The number of nitrogens with zero attached hydrogens (tertiary/aromatic N) is 3. The van der Waals surface area contributed by atoms with E-state index in [-0.39, 0.29) is 11.5 Å². The smallest absolute Gasteiger partial charge is 0.317 e. The maximum absolute atomic E-state index is 13.3. The van der Waals surface area contributed by atoms with Crippen LogP contribution >= 0.6 is 0 Å². The van der Waals surface area contributed by atoms with E-state index < -0.39 is 17.7 Å². The molecule has 1 aromatic heterocycles.